The van der Waals surface area contributed by atoms with Crippen LogP contribution in [0.2, 0.25) is 6.04 Å². The highest BCUT2D eigenvalue weighted by Crippen LogP contribution is 2.31. The Labute approximate surface area is 148 Å². The van der Waals surface area contributed by atoms with Gasteiger partial charge in [-0.2, -0.15) is 0 Å². The predicted molar refractivity (Wildman–Crippen MR) is 97.7 cm³/mol. The fourth-order valence-corrected chi connectivity index (χ4v) is 4.22. The molecule has 6 heteroatoms. The molecule has 0 saturated carbocycles. The van der Waals surface area contributed by atoms with Gasteiger partial charge in [0.2, 0.25) is 0 Å². The molecule has 0 aliphatic heterocycles. The molecule has 0 bridgehead atoms. The van der Waals surface area contributed by atoms with Crippen LogP contribution in [-0.4, -0.2) is 11.1 Å². The van der Waals surface area contributed by atoms with E-state index >= 15 is 0 Å². The molecule has 2 aromatic rings. The largest absolute Gasteiger partial charge is 0.508 e. The molecule has 2 aromatic carbocycles. The molecule has 21 heavy (non-hydrogen) atoms. The van der Waals surface area contributed by atoms with Crippen LogP contribution < -0.4 is 0 Å². The molecule has 0 atom stereocenters. The standard InChI is InChI=1S/C15H14BrCl3OSi/c16-13-5-3-11(4-6-13)15-8-7-14(20)10-12(15)2-1-9-21(17,18)19/h3-8,10,20H,1-2,9H2. The summed E-state index contributed by atoms with van der Waals surface area (Å²) >= 11 is 21.2. The Balaban J connectivity index is 2.23. The minimum Gasteiger partial charge on any atom is -0.508 e. The van der Waals surface area contributed by atoms with E-state index in [1.807, 2.05) is 30.3 Å². The van der Waals surface area contributed by atoms with Crippen molar-refractivity contribution < 1.29 is 5.11 Å². The number of rotatable bonds is 5. The lowest BCUT2D eigenvalue weighted by Crippen LogP contribution is -2.08. The van der Waals surface area contributed by atoms with Gasteiger partial charge in [-0.25, -0.2) is 0 Å². The number of aryl methyl sites for hydroxylation is 1. The summed E-state index contributed by atoms with van der Waals surface area (Å²) in [6.45, 7) is 0. The van der Waals surface area contributed by atoms with Gasteiger partial charge >= 0.3 is 6.00 Å². The topological polar surface area (TPSA) is 20.2 Å². The highest BCUT2D eigenvalue weighted by atomic mass is 79.9. The maximum Gasteiger partial charge on any atom is 0.341 e. The van der Waals surface area contributed by atoms with Crippen LogP contribution in [0, 0.1) is 0 Å². The van der Waals surface area contributed by atoms with E-state index in [1.165, 1.54) is 0 Å². The van der Waals surface area contributed by atoms with Crippen LogP contribution in [0.5, 0.6) is 5.75 Å². The summed E-state index contributed by atoms with van der Waals surface area (Å²) in [5.74, 6) is 0.261. The average molecular weight is 425 g/mol. The first kappa shape index (κ1) is 17.2. The van der Waals surface area contributed by atoms with Crippen LogP contribution in [-0.2, 0) is 6.42 Å². The average Bonchev–Trinajstić information content (AvgIpc) is 2.39. The number of hydrogen-bond donors (Lipinski definition) is 1. The molecule has 0 aliphatic rings. The maximum atomic E-state index is 9.71. The first-order valence-corrected chi connectivity index (χ1v) is 12.5. The van der Waals surface area contributed by atoms with Gasteiger partial charge in [0.05, 0.1) is 0 Å². The van der Waals surface area contributed by atoms with Crippen molar-refractivity contribution in [3.63, 3.8) is 0 Å². The molecular formula is C15H14BrCl3OSi. The molecule has 112 valence electrons. The molecule has 1 N–H and O–H groups in total. The van der Waals surface area contributed by atoms with Crippen molar-refractivity contribution >= 4 is 55.2 Å². The minimum absolute atomic E-state index is 0.261. The highest BCUT2D eigenvalue weighted by Gasteiger charge is 2.24. The maximum absolute atomic E-state index is 9.71. The fraction of sp³-hybridized carbons (Fsp3) is 0.200. The van der Waals surface area contributed by atoms with Gasteiger partial charge in [-0.1, -0.05) is 34.1 Å². The Hall–Kier alpha value is -0.193. The SMILES string of the molecule is Oc1ccc(-c2ccc(Br)cc2)c(CCC[Si](Cl)(Cl)Cl)c1. The van der Waals surface area contributed by atoms with Crippen LogP contribution >= 0.6 is 49.2 Å². The number of phenolic OH excluding ortho intramolecular Hbond substituents is 1. The molecule has 0 unspecified atom stereocenters. The zero-order valence-corrected chi connectivity index (χ0v) is 16.0. The third-order valence-electron chi connectivity index (χ3n) is 3.15. The van der Waals surface area contributed by atoms with Gasteiger partial charge in [-0.3, -0.25) is 0 Å². The van der Waals surface area contributed by atoms with E-state index in [-0.39, 0.29) is 5.75 Å². The van der Waals surface area contributed by atoms with Gasteiger partial charge in [0.25, 0.3) is 0 Å². The Morgan fingerprint density at radius 3 is 2.29 bits per heavy atom. The quantitative estimate of drug-likeness (QED) is 0.434. The number of phenols is 1. The zero-order valence-electron chi connectivity index (χ0n) is 11.1. The van der Waals surface area contributed by atoms with Crippen molar-refractivity contribution in [2.24, 2.45) is 0 Å². The molecular weight excluding hydrogens is 411 g/mol. The number of hydrogen-bond acceptors (Lipinski definition) is 1. The zero-order chi connectivity index (χ0) is 15.5. The summed E-state index contributed by atoms with van der Waals surface area (Å²) in [6, 6.07) is 11.5. The predicted octanol–water partition coefficient (Wildman–Crippen LogP) is 6.41. The smallest absolute Gasteiger partial charge is 0.341 e. The minimum atomic E-state index is -2.58. The van der Waals surface area contributed by atoms with Crippen molar-refractivity contribution in [2.45, 2.75) is 18.9 Å². The Kier molecular flexibility index (Phi) is 6.03. The second-order valence-electron chi connectivity index (χ2n) is 4.82. The Morgan fingerprint density at radius 2 is 1.67 bits per heavy atom. The summed E-state index contributed by atoms with van der Waals surface area (Å²) in [5, 5.41) is 9.71. The summed E-state index contributed by atoms with van der Waals surface area (Å²) in [4.78, 5) is 0. The van der Waals surface area contributed by atoms with E-state index in [2.05, 4.69) is 15.9 Å². The molecule has 0 radical (unpaired) electrons. The van der Waals surface area contributed by atoms with Crippen LogP contribution in [0.25, 0.3) is 11.1 Å². The molecule has 2 rings (SSSR count). The molecule has 0 heterocycles. The second kappa shape index (κ2) is 7.38. The summed E-state index contributed by atoms with van der Waals surface area (Å²) in [5.41, 5.74) is 3.28. The monoisotopic (exact) mass is 422 g/mol. The first-order valence-electron chi connectivity index (χ1n) is 6.50. The van der Waals surface area contributed by atoms with Gasteiger partial charge in [0.15, 0.2) is 0 Å². The molecule has 0 saturated heterocycles. The van der Waals surface area contributed by atoms with E-state index < -0.39 is 6.00 Å². The fourth-order valence-electron chi connectivity index (χ4n) is 2.18. The van der Waals surface area contributed by atoms with Crippen molar-refractivity contribution in [3.05, 3.63) is 52.5 Å². The summed E-state index contributed by atoms with van der Waals surface area (Å²) in [7, 11) is 0. The van der Waals surface area contributed by atoms with E-state index in [9.17, 15) is 5.11 Å². The van der Waals surface area contributed by atoms with Gasteiger partial charge < -0.3 is 5.11 Å². The van der Waals surface area contributed by atoms with Crippen LogP contribution in [0.4, 0.5) is 0 Å². The van der Waals surface area contributed by atoms with Crippen molar-refractivity contribution in [2.75, 3.05) is 0 Å². The molecule has 0 spiro atoms. The van der Waals surface area contributed by atoms with Crippen molar-refractivity contribution in [3.8, 4) is 16.9 Å². The first-order chi connectivity index (χ1) is 9.85. The molecule has 1 nitrogen and oxygen atoms in total. The number of halogens is 4. The molecule has 0 fully saturated rings. The molecule has 0 aromatic heterocycles. The third kappa shape index (κ3) is 5.50. The van der Waals surface area contributed by atoms with E-state index in [0.29, 0.717) is 6.04 Å². The van der Waals surface area contributed by atoms with Gasteiger partial charge in [-0.15, -0.1) is 33.2 Å². The molecule has 0 amide bonds. The lowest BCUT2D eigenvalue weighted by molar-refractivity contribution is 0.474. The molecule has 0 aliphatic carbocycles. The van der Waals surface area contributed by atoms with E-state index in [4.69, 9.17) is 33.2 Å². The number of aromatic hydroxyl groups is 1. The van der Waals surface area contributed by atoms with Crippen LogP contribution in [0.15, 0.2) is 46.9 Å². The Morgan fingerprint density at radius 1 is 1.00 bits per heavy atom. The van der Waals surface area contributed by atoms with Gasteiger partial charge in [0.1, 0.15) is 5.75 Å². The summed E-state index contributed by atoms with van der Waals surface area (Å²) in [6.07, 6.45) is 1.58. The van der Waals surface area contributed by atoms with Gasteiger partial charge in [0, 0.05) is 4.47 Å². The van der Waals surface area contributed by atoms with Gasteiger partial charge in [-0.05, 0) is 59.8 Å². The lowest BCUT2D eigenvalue weighted by atomic mass is 9.96. The van der Waals surface area contributed by atoms with Crippen molar-refractivity contribution in [1.82, 2.24) is 0 Å². The van der Waals surface area contributed by atoms with Crippen LogP contribution in [0.1, 0.15) is 12.0 Å². The van der Waals surface area contributed by atoms with E-state index in [0.717, 1.165) is 34.0 Å². The van der Waals surface area contributed by atoms with E-state index in [1.54, 1.807) is 12.1 Å². The second-order valence-corrected chi connectivity index (χ2v) is 15.0. The highest BCUT2D eigenvalue weighted by molar-refractivity contribution is 9.10. The van der Waals surface area contributed by atoms with Crippen molar-refractivity contribution in [1.29, 1.82) is 0 Å². The normalized spacial score (nSPS) is 11.6. The third-order valence-corrected chi connectivity index (χ3v) is 6.30. The van der Waals surface area contributed by atoms with Crippen LogP contribution in [0.3, 0.4) is 0 Å². The number of benzene rings is 2. The Bertz CT molecular complexity index is 611. The summed E-state index contributed by atoms with van der Waals surface area (Å²) < 4.78 is 1.04. The lowest BCUT2D eigenvalue weighted by Gasteiger charge is -2.12.